The number of nitrogens with zero attached hydrogens (tertiary/aromatic N) is 4. The quantitative estimate of drug-likeness (QED) is 0.232. The molecular weight excluding hydrogens is 321 g/mol. The lowest BCUT2D eigenvalue weighted by Crippen LogP contribution is -1.75. The predicted molar refractivity (Wildman–Crippen MR) is 91.3 cm³/mol. The summed E-state index contributed by atoms with van der Waals surface area (Å²) >= 11 is 0. The van der Waals surface area contributed by atoms with Crippen molar-refractivity contribution < 1.29 is 0 Å². The first kappa shape index (κ1) is 27.8. The molecule has 0 radical (unpaired) electrons. The number of unbranched alkanes of at least 4 members (excludes halogenated alkanes) is 2. The van der Waals surface area contributed by atoms with Gasteiger partial charge in [-0.05, 0) is 13.3 Å². The molecule has 0 fully saturated rings. The van der Waals surface area contributed by atoms with Crippen molar-refractivity contribution in [2.24, 2.45) is 4.52 Å². The summed E-state index contributed by atoms with van der Waals surface area (Å²) in [5.74, 6) is 0. The molecule has 0 saturated carbocycles. The van der Waals surface area contributed by atoms with Gasteiger partial charge < -0.3 is 4.85 Å². The van der Waals surface area contributed by atoms with E-state index in [2.05, 4.69) is 9.36 Å². The van der Waals surface area contributed by atoms with Gasteiger partial charge in [-0.25, -0.2) is 6.57 Å². The third-order valence-corrected chi connectivity index (χ3v) is 3.14. The zero-order valence-corrected chi connectivity index (χ0v) is 14.0. The topological polar surface area (TPSA) is 112 Å². The number of nitriles is 2. The van der Waals surface area contributed by atoms with E-state index < -0.39 is 0 Å². The van der Waals surface area contributed by atoms with E-state index in [0.717, 1.165) is 12.8 Å². The van der Waals surface area contributed by atoms with Gasteiger partial charge in [0.1, 0.15) is 0 Å². The second kappa shape index (κ2) is 36.3. The average Bonchev–Trinajstić information content (AvgIpc) is 2.49. The van der Waals surface area contributed by atoms with Crippen molar-refractivity contribution >= 4 is 24.6 Å². The highest BCUT2D eigenvalue weighted by molar-refractivity contribution is 8.02. The number of nitrogens with one attached hydrogen (secondary N) is 2. The van der Waals surface area contributed by atoms with Gasteiger partial charge in [-0.3, -0.25) is 10.3 Å². The first-order valence-electron chi connectivity index (χ1n) is 5.56. The number of hydrogen-bond acceptors (Lipinski definition) is 4. The minimum Gasteiger partial charge on any atom is -0.317 e. The SMILES string of the molecule is C.C/C=C/CC#N.N=PN=PP=N.[C-]#[N+]CCCCC#N. The fourth-order valence-corrected chi connectivity index (χ4v) is 1.65. The van der Waals surface area contributed by atoms with Gasteiger partial charge in [0, 0.05) is 12.8 Å². The zero-order chi connectivity index (χ0) is 15.9. The Morgan fingerprint density at radius 1 is 1.29 bits per heavy atom. The third-order valence-electron chi connectivity index (χ3n) is 1.38. The summed E-state index contributed by atoms with van der Waals surface area (Å²) in [6, 6.07) is 4.01. The van der Waals surface area contributed by atoms with E-state index >= 15 is 0 Å². The van der Waals surface area contributed by atoms with E-state index in [9.17, 15) is 0 Å². The van der Waals surface area contributed by atoms with E-state index in [1.54, 1.807) is 0 Å². The molecule has 0 saturated heterocycles. The van der Waals surface area contributed by atoms with Crippen molar-refractivity contribution in [1.29, 1.82) is 20.8 Å². The van der Waals surface area contributed by atoms with Gasteiger partial charge in [0.05, 0.1) is 34.7 Å². The van der Waals surface area contributed by atoms with Gasteiger partial charge in [-0.2, -0.15) is 15.0 Å². The molecule has 0 atom stereocenters. The van der Waals surface area contributed by atoms with Gasteiger partial charge >= 0.3 is 0 Å². The lowest BCUT2D eigenvalue weighted by molar-refractivity contribution is 0.803. The van der Waals surface area contributed by atoms with E-state index in [-0.39, 0.29) is 16.0 Å². The zero-order valence-electron chi connectivity index (χ0n) is 11.3. The molecular formula is C12H21N6P3. The second-order valence-electron chi connectivity index (χ2n) is 2.81. The summed E-state index contributed by atoms with van der Waals surface area (Å²) in [5.41, 5.74) is 0. The van der Waals surface area contributed by atoms with Crippen LogP contribution in [0.25, 0.3) is 4.85 Å². The van der Waals surface area contributed by atoms with Gasteiger partial charge in [-0.15, -0.1) is 0 Å². The summed E-state index contributed by atoms with van der Waals surface area (Å²) < 4.78 is 3.50. The Labute approximate surface area is 132 Å². The van der Waals surface area contributed by atoms with Crippen LogP contribution < -0.4 is 0 Å². The fraction of sp³-hybridized carbons (Fsp3) is 0.583. The van der Waals surface area contributed by atoms with Crippen molar-refractivity contribution in [1.82, 2.24) is 0 Å². The molecule has 0 amide bonds. The Hall–Kier alpha value is -1.49. The van der Waals surface area contributed by atoms with Gasteiger partial charge in [0.2, 0.25) is 6.54 Å². The van der Waals surface area contributed by atoms with Crippen LogP contribution >= 0.6 is 24.6 Å². The van der Waals surface area contributed by atoms with Gasteiger partial charge in [0.15, 0.2) is 8.52 Å². The fourth-order valence-electron chi connectivity index (χ4n) is 0.605. The summed E-state index contributed by atoms with van der Waals surface area (Å²) in [7, 11) is 1.43. The maximum atomic E-state index is 8.04. The van der Waals surface area contributed by atoms with Crippen LogP contribution in [-0.4, -0.2) is 6.54 Å². The van der Waals surface area contributed by atoms with E-state index in [0.29, 0.717) is 35.5 Å². The molecule has 0 aromatic carbocycles. The van der Waals surface area contributed by atoms with Crippen LogP contribution in [0.4, 0.5) is 0 Å². The molecule has 0 aromatic rings. The molecule has 9 heteroatoms. The molecule has 21 heavy (non-hydrogen) atoms. The van der Waals surface area contributed by atoms with Crippen LogP contribution in [-0.2, 0) is 0 Å². The molecule has 0 aliphatic carbocycles. The van der Waals surface area contributed by atoms with Crippen LogP contribution in [0.2, 0.25) is 0 Å². The molecule has 0 aliphatic rings. The maximum Gasteiger partial charge on any atom is 0.214 e. The number of allylic oxidation sites excluding steroid dienone is 2. The lowest BCUT2D eigenvalue weighted by Gasteiger charge is -1.81. The highest BCUT2D eigenvalue weighted by Crippen LogP contribution is 2.21. The van der Waals surface area contributed by atoms with Gasteiger partial charge in [-0.1, -0.05) is 19.6 Å². The molecule has 0 bridgehead atoms. The van der Waals surface area contributed by atoms with Crippen LogP contribution in [0, 0.1) is 39.6 Å². The maximum absolute atomic E-state index is 8.04. The standard InChI is InChI=1S/C6H8N2.C5H7N.CH4.H2N3P3/c1-8-6-4-2-3-5-7;1-2-3-4-5-6;;1-4-3-6-5-2/h2-4,6H2;2-3H,4H2,1H3;1H4;1-2H/b;3-2+;;. The minimum atomic E-state index is 0. The molecule has 6 nitrogen and oxygen atoms in total. The highest BCUT2D eigenvalue weighted by Gasteiger charge is 1.85. The summed E-state index contributed by atoms with van der Waals surface area (Å²) in [6.45, 7) is 8.85. The Bertz CT molecular complexity index is 375. The largest absolute Gasteiger partial charge is 0.317 e. The van der Waals surface area contributed by atoms with Crippen molar-refractivity contribution in [3.05, 3.63) is 23.6 Å². The Morgan fingerprint density at radius 2 is 1.95 bits per heavy atom. The molecule has 0 spiro atoms. The average molecular weight is 342 g/mol. The smallest absolute Gasteiger partial charge is 0.214 e. The van der Waals surface area contributed by atoms with E-state index in [1.807, 2.05) is 31.2 Å². The van der Waals surface area contributed by atoms with Gasteiger partial charge in [0.25, 0.3) is 0 Å². The lowest BCUT2D eigenvalue weighted by atomic mass is 10.2. The highest BCUT2D eigenvalue weighted by atomic mass is 32.0. The van der Waals surface area contributed by atoms with Crippen LogP contribution in [0.1, 0.15) is 40.0 Å². The minimum absolute atomic E-state index is 0. The van der Waals surface area contributed by atoms with Crippen LogP contribution in [0.15, 0.2) is 16.7 Å². The molecule has 114 valence electrons. The summed E-state index contributed by atoms with van der Waals surface area (Å²) in [5, 5.41) is 28.8. The van der Waals surface area contributed by atoms with Crippen molar-refractivity contribution in [2.45, 2.75) is 40.0 Å². The first-order chi connectivity index (χ1) is 9.74. The molecule has 0 heterocycles. The normalized spacial score (nSPS) is 8.48. The van der Waals surface area contributed by atoms with E-state index in [1.165, 1.54) is 0 Å². The number of hydrogen-bond donors (Lipinski definition) is 2. The molecule has 0 aromatic heterocycles. The Morgan fingerprint density at radius 3 is 2.24 bits per heavy atom. The van der Waals surface area contributed by atoms with Crippen LogP contribution in [0.5, 0.6) is 0 Å². The summed E-state index contributed by atoms with van der Waals surface area (Å²) in [4.78, 5) is 3.15. The van der Waals surface area contributed by atoms with Crippen molar-refractivity contribution in [3.63, 3.8) is 0 Å². The first-order valence-corrected chi connectivity index (χ1v) is 8.85. The van der Waals surface area contributed by atoms with Crippen molar-refractivity contribution in [2.75, 3.05) is 6.54 Å². The molecule has 0 aliphatic heterocycles. The molecule has 0 rings (SSSR count). The van der Waals surface area contributed by atoms with Crippen molar-refractivity contribution in [3.8, 4) is 12.1 Å². The molecule has 2 N–H and O–H groups in total. The second-order valence-corrected chi connectivity index (χ2v) is 5.24. The third kappa shape index (κ3) is 55.8. The molecule has 0 unspecified atom stereocenters. The predicted octanol–water partition coefficient (Wildman–Crippen LogP) is 7.08. The number of rotatable bonds is 6. The Balaban J connectivity index is -0.000000102. The summed E-state index contributed by atoms with van der Waals surface area (Å²) in [6.07, 6.45) is 6.56. The van der Waals surface area contributed by atoms with Crippen LogP contribution in [0.3, 0.4) is 0 Å². The Kier molecular flexibility index (Phi) is 48.0. The van der Waals surface area contributed by atoms with E-state index in [4.69, 9.17) is 27.4 Å². The monoisotopic (exact) mass is 342 g/mol.